The molecule has 0 aliphatic heterocycles. The molecule has 0 spiro atoms. The van der Waals surface area contributed by atoms with Crippen molar-refractivity contribution in [1.82, 2.24) is 0 Å². The van der Waals surface area contributed by atoms with Gasteiger partial charge in [-0.3, -0.25) is 4.79 Å². The van der Waals surface area contributed by atoms with Crippen molar-refractivity contribution in [2.75, 3.05) is 6.61 Å². The molecule has 0 fully saturated rings. The zero-order valence-corrected chi connectivity index (χ0v) is 4.00. The number of rotatable bonds is 1. The topological polar surface area (TPSA) is 66.8 Å². The molecule has 0 bridgehead atoms. The minimum absolute atomic E-state index is 0.0694. The van der Waals surface area contributed by atoms with E-state index in [1.807, 2.05) is 0 Å². The van der Waals surface area contributed by atoms with Crippen LogP contribution in [0.1, 0.15) is 6.92 Å². The van der Waals surface area contributed by atoms with Gasteiger partial charge >= 0.3 is 6.47 Å². The molecule has 2 N–H and O–H groups in total. The maximum atomic E-state index is 8.70. The molecule has 0 aromatic rings. The second-order valence-electron chi connectivity index (χ2n) is 0.518. The quantitative estimate of drug-likeness (QED) is 0.273. The van der Waals surface area contributed by atoms with Gasteiger partial charge in [-0.15, -0.1) is 0 Å². The molecule has 4 nitrogen and oxygen atoms in total. The van der Waals surface area contributed by atoms with Crippen molar-refractivity contribution in [1.29, 1.82) is 0 Å². The summed E-state index contributed by atoms with van der Waals surface area (Å²) >= 11 is 0. The van der Waals surface area contributed by atoms with Gasteiger partial charge in [0.25, 0.3) is 0 Å². The van der Waals surface area contributed by atoms with Gasteiger partial charge in [0.15, 0.2) is 0 Å². The Hall–Kier alpha value is -0.610. The third kappa shape index (κ3) is 407. The van der Waals surface area contributed by atoms with Crippen LogP contribution in [0, 0.1) is 0 Å². The van der Waals surface area contributed by atoms with Crippen molar-refractivity contribution < 1.29 is 20.0 Å². The molecule has 0 aliphatic carbocycles. The number of hydrogen-bond acceptors (Lipinski definition) is 4. The fraction of sp³-hybridized carbons (Fsp3) is 0.667. The normalized spacial score (nSPS) is 5.57. The van der Waals surface area contributed by atoms with Gasteiger partial charge in [-0.1, -0.05) is 0 Å². The summed E-state index contributed by atoms with van der Waals surface area (Å²) in [5.41, 5.74) is 0. The molecule has 0 aromatic carbocycles. The average Bonchev–Trinajstić information content (AvgIpc) is 1.69. The Morgan fingerprint density at radius 3 is 2.00 bits per heavy atom. The first-order chi connectivity index (χ1) is 3.33. The van der Waals surface area contributed by atoms with Crippen LogP contribution in [0.15, 0.2) is 0 Å². The standard InChI is InChI=1S/C2H6O.CH2O3/c1-2-3;2-1-4-3/h3H,2H2,1H3;1,3H. The SMILES string of the molecule is CCO.O=COO. The van der Waals surface area contributed by atoms with Gasteiger partial charge in [0.1, 0.15) is 0 Å². The van der Waals surface area contributed by atoms with E-state index >= 15 is 0 Å². The van der Waals surface area contributed by atoms with Crippen LogP contribution in [0.4, 0.5) is 0 Å². The highest BCUT2D eigenvalue weighted by Gasteiger charge is 1.47. The van der Waals surface area contributed by atoms with E-state index < -0.39 is 0 Å². The molecule has 0 saturated carbocycles. The van der Waals surface area contributed by atoms with Crippen LogP contribution in [-0.4, -0.2) is 23.4 Å². The molecule has 44 valence electrons. The summed E-state index contributed by atoms with van der Waals surface area (Å²) in [5, 5.41) is 14.6. The van der Waals surface area contributed by atoms with E-state index in [0.717, 1.165) is 0 Å². The van der Waals surface area contributed by atoms with Crippen LogP contribution in [0.3, 0.4) is 0 Å². The third-order valence-corrected chi connectivity index (χ3v) is 0.0430. The molecule has 0 unspecified atom stereocenters. The molecule has 0 saturated heterocycles. The second kappa shape index (κ2) is 18.2. The first-order valence-electron chi connectivity index (χ1n) is 1.68. The Morgan fingerprint density at radius 1 is 1.86 bits per heavy atom. The lowest BCUT2D eigenvalue weighted by Gasteiger charge is -1.63. The lowest BCUT2D eigenvalue weighted by atomic mass is 10.9. The van der Waals surface area contributed by atoms with Gasteiger partial charge < -0.3 is 9.99 Å². The van der Waals surface area contributed by atoms with Crippen molar-refractivity contribution in [2.45, 2.75) is 6.92 Å². The summed E-state index contributed by atoms with van der Waals surface area (Å²) in [6.07, 6.45) is 0. The zero-order chi connectivity index (χ0) is 6.12. The number of hydrogen-bond donors (Lipinski definition) is 2. The monoisotopic (exact) mass is 108 g/mol. The Morgan fingerprint density at radius 2 is 2.00 bits per heavy atom. The van der Waals surface area contributed by atoms with Crippen molar-refractivity contribution >= 4 is 6.47 Å². The minimum Gasteiger partial charge on any atom is -0.397 e. The smallest absolute Gasteiger partial charge is 0.330 e. The first kappa shape index (κ1) is 9.63. The van der Waals surface area contributed by atoms with E-state index in [1.165, 1.54) is 0 Å². The Labute approximate surface area is 41.3 Å². The Balaban J connectivity index is 0. The Kier molecular flexibility index (Phi) is 25.0. The molecule has 0 heterocycles. The van der Waals surface area contributed by atoms with Crippen molar-refractivity contribution in [3.63, 3.8) is 0 Å². The highest BCUT2D eigenvalue weighted by molar-refractivity contribution is 5.35. The maximum Gasteiger partial charge on any atom is 0.330 e. The summed E-state index contributed by atoms with van der Waals surface area (Å²) in [6.45, 7) is 1.86. The number of carbonyl (C=O) groups excluding carboxylic acids is 1. The van der Waals surface area contributed by atoms with Crippen LogP contribution >= 0.6 is 0 Å². The fourth-order valence-corrected chi connectivity index (χ4v) is 0. The lowest BCUT2D eigenvalue weighted by molar-refractivity contribution is -0.217. The molecule has 0 atom stereocenters. The molecule has 0 amide bonds. The summed E-state index contributed by atoms with van der Waals surface area (Å²) in [4.78, 5) is 11.6. The van der Waals surface area contributed by atoms with E-state index in [4.69, 9.17) is 15.2 Å². The predicted molar refractivity (Wildman–Crippen MR) is 22.5 cm³/mol. The second-order valence-corrected chi connectivity index (χ2v) is 0.518. The fourth-order valence-electron chi connectivity index (χ4n) is 0. The molecule has 0 aromatic heterocycles. The van der Waals surface area contributed by atoms with Crippen molar-refractivity contribution in [3.8, 4) is 0 Å². The van der Waals surface area contributed by atoms with Crippen LogP contribution in [0.25, 0.3) is 0 Å². The molecule has 0 aliphatic rings. The molecule has 0 radical (unpaired) electrons. The van der Waals surface area contributed by atoms with Crippen molar-refractivity contribution in [2.24, 2.45) is 0 Å². The number of carbonyl (C=O) groups is 1. The maximum absolute atomic E-state index is 8.70. The number of aliphatic hydroxyl groups excluding tert-OH is 1. The van der Waals surface area contributed by atoms with E-state index in [9.17, 15) is 0 Å². The van der Waals surface area contributed by atoms with Crippen LogP contribution in [0.2, 0.25) is 0 Å². The van der Waals surface area contributed by atoms with E-state index in [-0.39, 0.29) is 13.1 Å². The first-order valence-corrected chi connectivity index (χ1v) is 1.68. The largest absolute Gasteiger partial charge is 0.397 e. The highest BCUT2D eigenvalue weighted by Crippen LogP contribution is 1.33. The average molecular weight is 108 g/mol. The van der Waals surface area contributed by atoms with Gasteiger partial charge in [0.2, 0.25) is 0 Å². The summed E-state index contributed by atoms with van der Waals surface area (Å²) in [6, 6.07) is 0. The predicted octanol–water partition coefficient (Wildman–Crippen LogP) is -0.369. The van der Waals surface area contributed by atoms with Gasteiger partial charge in [-0.25, -0.2) is 5.26 Å². The summed E-state index contributed by atoms with van der Waals surface area (Å²) < 4.78 is 0. The summed E-state index contributed by atoms with van der Waals surface area (Å²) in [5.74, 6) is 0. The molecule has 0 rings (SSSR count). The van der Waals surface area contributed by atoms with Gasteiger partial charge in [0.05, 0.1) is 0 Å². The molecule has 7 heavy (non-hydrogen) atoms. The molecule has 4 heteroatoms. The van der Waals surface area contributed by atoms with Gasteiger partial charge in [-0.2, -0.15) is 0 Å². The van der Waals surface area contributed by atoms with Gasteiger partial charge in [0, 0.05) is 6.61 Å². The summed E-state index contributed by atoms with van der Waals surface area (Å²) in [7, 11) is 0. The Bertz CT molecular complexity index is 28.1. The van der Waals surface area contributed by atoms with Crippen LogP contribution in [-0.2, 0) is 9.68 Å². The van der Waals surface area contributed by atoms with Crippen LogP contribution < -0.4 is 0 Å². The van der Waals surface area contributed by atoms with E-state index in [2.05, 4.69) is 4.89 Å². The molecular formula is C3H8O4. The zero-order valence-electron chi connectivity index (χ0n) is 4.00. The number of aliphatic hydroxyl groups is 1. The lowest BCUT2D eigenvalue weighted by Crippen LogP contribution is -1.69. The van der Waals surface area contributed by atoms with Crippen molar-refractivity contribution in [3.05, 3.63) is 0 Å². The third-order valence-electron chi connectivity index (χ3n) is 0.0430. The van der Waals surface area contributed by atoms with E-state index in [0.29, 0.717) is 0 Å². The van der Waals surface area contributed by atoms with E-state index in [1.54, 1.807) is 6.92 Å². The van der Waals surface area contributed by atoms with Crippen LogP contribution in [0.5, 0.6) is 0 Å². The molecular weight excluding hydrogens is 100 g/mol. The van der Waals surface area contributed by atoms with Gasteiger partial charge in [-0.05, 0) is 6.92 Å². The highest BCUT2D eigenvalue weighted by atomic mass is 17.1. The minimum atomic E-state index is -0.0694.